The predicted octanol–water partition coefficient (Wildman–Crippen LogP) is 4.69. The number of nitrogens with zero attached hydrogens (tertiary/aromatic N) is 3. The summed E-state index contributed by atoms with van der Waals surface area (Å²) in [6.45, 7) is 4.63. The van der Waals surface area contributed by atoms with Gasteiger partial charge < -0.3 is 9.80 Å². The van der Waals surface area contributed by atoms with Crippen molar-refractivity contribution in [3.05, 3.63) is 60.2 Å². The second-order valence-corrected chi connectivity index (χ2v) is 8.37. The normalized spacial score (nSPS) is 16.2. The van der Waals surface area contributed by atoms with E-state index in [1.807, 2.05) is 0 Å². The van der Waals surface area contributed by atoms with Gasteiger partial charge in [0.2, 0.25) is 0 Å². The number of benzene rings is 2. The van der Waals surface area contributed by atoms with E-state index < -0.39 is 0 Å². The molecule has 26 heavy (non-hydrogen) atoms. The smallest absolute Gasteiger partial charge is 0.186 e. The van der Waals surface area contributed by atoms with E-state index >= 15 is 0 Å². The fourth-order valence-corrected chi connectivity index (χ4v) is 4.72. The summed E-state index contributed by atoms with van der Waals surface area (Å²) in [6.07, 6.45) is 3.87. The van der Waals surface area contributed by atoms with Crippen LogP contribution in [0.15, 0.2) is 54.6 Å². The number of thiazole rings is 1. The molecule has 0 unspecified atom stereocenters. The summed E-state index contributed by atoms with van der Waals surface area (Å²) in [7, 11) is 2.17. The highest BCUT2D eigenvalue weighted by Crippen LogP contribution is 2.28. The number of aromatic nitrogens is 1. The minimum Gasteiger partial charge on any atom is -0.350 e. The third-order valence-electron chi connectivity index (χ3n) is 5.44. The molecule has 3 aromatic rings. The van der Waals surface area contributed by atoms with Gasteiger partial charge in [-0.2, -0.15) is 0 Å². The molecule has 1 aromatic heterocycles. The molecule has 2 aromatic carbocycles. The fraction of sp³-hybridized carbons (Fsp3) is 0.409. The summed E-state index contributed by atoms with van der Waals surface area (Å²) in [5.41, 5.74) is 2.60. The largest absolute Gasteiger partial charge is 0.350 e. The zero-order valence-electron chi connectivity index (χ0n) is 15.5. The van der Waals surface area contributed by atoms with Crippen LogP contribution in [-0.2, 0) is 6.42 Å². The molecule has 4 rings (SSSR count). The van der Waals surface area contributed by atoms with Gasteiger partial charge in [-0.25, -0.2) is 4.98 Å². The zero-order chi connectivity index (χ0) is 17.8. The van der Waals surface area contributed by atoms with Crippen molar-refractivity contribution in [2.45, 2.75) is 19.3 Å². The van der Waals surface area contributed by atoms with E-state index in [1.54, 1.807) is 11.3 Å². The first-order valence-electron chi connectivity index (χ1n) is 9.61. The van der Waals surface area contributed by atoms with Crippen molar-refractivity contribution in [1.29, 1.82) is 0 Å². The first kappa shape index (κ1) is 17.5. The van der Waals surface area contributed by atoms with Gasteiger partial charge >= 0.3 is 0 Å². The molecule has 4 heteroatoms. The van der Waals surface area contributed by atoms with Gasteiger partial charge in [0, 0.05) is 20.1 Å². The van der Waals surface area contributed by atoms with Crippen LogP contribution in [0, 0.1) is 5.92 Å². The minimum absolute atomic E-state index is 0.843. The monoisotopic (exact) mass is 365 g/mol. The number of fused-ring (bicyclic) bond motifs is 1. The lowest BCUT2D eigenvalue weighted by Crippen LogP contribution is -2.39. The summed E-state index contributed by atoms with van der Waals surface area (Å²) in [6, 6.07) is 19.3. The molecule has 1 aliphatic rings. The van der Waals surface area contributed by atoms with Crippen LogP contribution in [0.2, 0.25) is 0 Å². The van der Waals surface area contributed by atoms with Crippen molar-refractivity contribution in [2.75, 3.05) is 38.1 Å². The molecule has 3 nitrogen and oxygen atoms in total. The Kier molecular flexibility index (Phi) is 5.51. The molecule has 1 saturated heterocycles. The molecule has 0 saturated carbocycles. The van der Waals surface area contributed by atoms with Crippen LogP contribution >= 0.6 is 11.3 Å². The molecule has 0 radical (unpaired) electrons. The van der Waals surface area contributed by atoms with E-state index in [4.69, 9.17) is 4.98 Å². The van der Waals surface area contributed by atoms with E-state index in [1.165, 1.54) is 42.6 Å². The van der Waals surface area contributed by atoms with Gasteiger partial charge in [-0.1, -0.05) is 53.8 Å². The molecule has 2 heterocycles. The SMILES string of the molecule is CN(CCN1CCC(Cc2ccccc2)CC1)c1nc2ccccc2s1. The van der Waals surface area contributed by atoms with E-state index in [9.17, 15) is 0 Å². The Morgan fingerprint density at radius 2 is 1.77 bits per heavy atom. The molecule has 1 fully saturated rings. The maximum absolute atomic E-state index is 4.76. The fourth-order valence-electron chi connectivity index (χ4n) is 3.77. The standard InChI is InChI=1S/C22H27N3S/c1-24(22-23-20-9-5-6-10-21(20)26-22)15-16-25-13-11-19(12-14-25)17-18-7-3-2-4-8-18/h2-10,19H,11-17H2,1H3. The Morgan fingerprint density at radius 1 is 1.04 bits per heavy atom. The van der Waals surface area contributed by atoms with Crippen LogP contribution in [0.5, 0.6) is 0 Å². The number of para-hydroxylation sites is 1. The number of likely N-dealkylation sites (tertiary alicyclic amines) is 1. The van der Waals surface area contributed by atoms with E-state index in [0.717, 1.165) is 29.7 Å². The van der Waals surface area contributed by atoms with Crippen molar-refractivity contribution < 1.29 is 0 Å². The molecule has 0 N–H and O–H groups in total. The molecule has 0 atom stereocenters. The second kappa shape index (κ2) is 8.19. The second-order valence-electron chi connectivity index (χ2n) is 7.36. The third-order valence-corrected chi connectivity index (χ3v) is 6.59. The van der Waals surface area contributed by atoms with Crippen LogP contribution < -0.4 is 4.90 Å². The van der Waals surface area contributed by atoms with Gasteiger partial charge in [-0.3, -0.25) is 0 Å². The van der Waals surface area contributed by atoms with Crippen molar-refractivity contribution >= 4 is 26.7 Å². The summed E-state index contributed by atoms with van der Waals surface area (Å²) in [5.74, 6) is 0.843. The summed E-state index contributed by atoms with van der Waals surface area (Å²) < 4.78 is 1.27. The number of anilines is 1. The molecule has 0 bridgehead atoms. The maximum Gasteiger partial charge on any atom is 0.186 e. The van der Waals surface area contributed by atoms with Crippen LogP contribution in [0.25, 0.3) is 10.2 Å². The zero-order valence-corrected chi connectivity index (χ0v) is 16.3. The molecular formula is C22H27N3S. The van der Waals surface area contributed by atoms with Crippen molar-refractivity contribution in [3.8, 4) is 0 Å². The highest BCUT2D eigenvalue weighted by atomic mass is 32.1. The van der Waals surface area contributed by atoms with Gasteiger partial charge in [0.05, 0.1) is 10.2 Å². The van der Waals surface area contributed by atoms with E-state index in [2.05, 4.69) is 71.4 Å². The Bertz CT molecular complexity index is 789. The highest BCUT2D eigenvalue weighted by Gasteiger charge is 2.20. The molecule has 1 aliphatic heterocycles. The van der Waals surface area contributed by atoms with Gasteiger partial charge in [-0.05, 0) is 56.0 Å². The summed E-state index contributed by atoms with van der Waals surface area (Å²) >= 11 is 1.79. The Labute approximate surface area is 160 Å². The lowest BCUT2D eigenvalue weighted by molar-refractivity contribution is 0.188. The van der Waals surface area contributed by atoms with Crippen molar-refractivity contribution in [2.24, 2.45) is 5.92 Å². The first-order valence-corrected chi connectivity index (χ1v) is 10.4. The maximum atomic E-state index is 4.76. The third kappa shape index (κ3) is 4.25. The summed E-state index contributed by atoms with van der Waals surface area (Å²) in [5, 5.41) is 1.13. The lowest BCUT2D eigenvalue weighted by Gasteiger charge is -2.33. The quantitative estimate of drug-likeness (QED) is 0.632. The van der Waals surface area contributed by atoms with E-state index in [-0.39, 0.29) is 0 Å². The minimum atomic E-state index is 0.843. The molecule has 0 spiro atoms. The Balaban J connectivity index is 1.24. The first-order chi connectivity index (χ1) is 12.8. The van der Waals surface area contributed by atoms with Crippen LogP contribution in [0.1, 0.15) is 18.4 Å². The van der Waals surface area contributed by atoms with Gasteiger partial charge in [0.25, 0.3) is 0 Å². The van der Waals surface area contributed by atoms with Crippen LogP contribution in [0.3, 0.4) is 0 Å². The van der Waals surface area contributed by atoms with Gasteiger partial charge in [0.1, 0.15) is 0 Å². The van der Waals surface area contributed by atoms with Crippen LogP contribution in [0.4, 0.5) is 5.13 Å². The number of rotatable bonds is 6. The topological polar surface area (TPSA) is 19.4 Å². The van der Waals surface area contributed by atoms with Crippen molar-refractivity contribution in [3.63, 3.8) is 0 Å². The van der Waals surface area contributed by atoms with Crippen LogP contribution in [-0.4, -0.2) is 43.1 Å². The lowest BCUT2D eigenvalue weighted by atomic mass is 9.90. The number of likely N-dealkylation sites (N-methyl/N-ethyl adjacent to an activating group) is 1. The average Bonchev–Trinajstić information content (AvgIpc) is 3.12. The number of hydrogen-bond acceptors (Lipinski definition) is 4. The van der Waals surface area contributed by atoms with Crippen molar-refractivity contribution in [1.82, 2.24) is 9.88 Å². The number of piperidine rings is 1. The summed E-state index contributed by atoms with van der Waals surface area (Å²) in [4.78, 5) is 9.68. The number of hydrogen-bond donors (Lipinski definition) is 0. The molecule has 136 valence electrons. The predicted molar refractivity (Wildman–Crippen MR) is 112 cm³/mol. The average molecular weight is 366 g/mol. The van der Waals surface area contributed by atoms with E-state index in [0.29, 0.717) is 0 Å². The highest BCUT2D eigenvalue weighted by molar-refractivity contribution is 7.22. The molecule has 0 amide bonds. The van der Waals surface area contributed by atoms with Gasteiger partial charge in [0.15, 0.2) is 5.13 Å². The molecular weight excluding hydrogens is 338 g/mol. The molecule has 0 aliphatic carbocycles. The Hall–Kier alpha value is -1.91. The Morgan fingerprint density at radius 3 is 2.54 bits per heavy atom. The van der Waals surface area contributed by atoms with Gasteiger partial charge in [-0.15, -0.1) is 0 Å².